The molecule has 0 amide bonds. The van der Waals surface area contributed by atoms with Gasteiger partial charge in [-0.15, -0.1) is 10.2 Å². The van der Waals surface area contributed by atoms with Crippen LogP contribution < -0.4 is 0 Å². The first kappa shape index (κ1) is 5.17. The summed E-state index contributed by atoms with van der Waals surface area (Å²) in [7, 11) is 0. The van der Waals surface area contributed by atoms with Crippen LogP contribution in [0.2, 0.25) is 0 Å². The van der Waals surface area contributed by atoms with E-state index in [0.717, 1.165) is 0 Å². The molecule has 5 nitrogen and oxygen atoms in total. The molecule has 0 aliphatic carbocycles. The van der Waals surface area contributed by atoms with E-state index in [2.05, 4.69) is 20.6 Å². The quantitative estimate of drug-likeness (QED) is 0.502. The van der Waals surface area contributed by atoms with E-state index in [1.807, 2.05) is 0 Å². The summed E-state index contributed by atoms with van der Waals surface area (Å²) in [6.45, 7) is -0.0560. The number of hydrogen-bond donors (Lipinski definition) is 2. The highest BCUT2D eigenvalue weighted by atomic mass is 16.3. The number of nitrogens with zero attached hydrogens (tertiary/aromatic N) is 3. The molecule has 5 heteroatoms. The third-order valence-corrected chi connectivity index (χ3v) is 0.636. The number of aliphatic hydroxyl groups excluding tert-OH is 1. The van der Waals surface area contributed by atoms with E-state index >= 15 is 0 Å². The average molecular weight is 113 g/mol. The molecule has 1 heterocycles. The number of aromatic amines is 1. The van der Waals surface area contributed by atoms with E-state index in [9.17, 15) is 0 Å². The standard InChI is InChI=1S/C3H5N4O/c8-2-1-3-4-6-7-5-3/h1,8H,2H2,(H,4,5,6,7). The van der Waals surface area contributed by atoms with Gasteiger partial charge in [-0.2, -0.15) is 5.21 Å². The highest BCUT2D eigenvalue weighted by Crippen LogP contribution is 1.84. The highest BCUT2D eigenvalue weighted by Gasteiger charge is 1.93. The lowest BCUT2D eigenvalue weighted by atomic mass is 10.4. The van der Waals surface area contributed by atoms with Crippen molar-refractivity contribution in [3.63, 3.8) is 0 Å². The van der Waals surface area contributed by atoms with Gasteiger partial charge in [0.15, 0.2) is 5.82 Å². The Balaban J connectivity index is 2.50. The van der Waals surface area contributed by atoms with E-state index in [0.29, 0.717) is 5.82 Å². The Morgan fingerprint density at radius 2 is 2.62 bits per heavy atom. The molecule has 0 bridgehead atoms. The van der Waals surface area contributed by atoms with Crippen molar-refractivity contribution < 1.29 is 5.11 Å². The van der Waals surface area contributed by atoms with Gasteiger partial charge in [0, 0.05) is 0 Å². The minimum atomic E-state index is -0.0560. The van der Waals surface area contributed by atoms with E-state index < -0.39 is 0 Å². The number of tetrazole rings is 1. The largest absolute Gasteiger partial charge is 0.396 e. The molecule has 8 heavy (non-hydrogen) atoms. The molecule has 0 unspecified atom stereocenters. The molecule has 1 rings (SSSR count). The fourth-order valence-corrected chi connectivity index (χ4v) is 0.338. The van der Waals surface area contributed by atoms with Crippen LogP contribution in [0.3, 0.4) is 0 Å². The van der Waals surface area contributed by atoms with Gasteiger partial charge in [-0.3, -0.25) is 0 Å². The van der Waals surface area contributed by atoms with Gasteiger partial charge in [0.25, 0.3) is 0 Å². The van der Waals surface area contributed by atoms with Crippen molar-refractivity contribution in [3.8, 4) is 0 Å². The lowest BCUT2D eigenvalue weighted by molar-refractivity contribution is 0.330. The van der Waals surface area contributed by atoms with Crippen molar-refractivity contribution in [2.24, 2.45) is 0 Å². The Bertz CT molecular complexity index is 137. The maximum atomic E-state index is 8.26. The Morgan fingerprint density at radius 3 is 3.12 bits per heavy atom. The lowest BCUT2D eigenvalue weighted by Gasteiger charge is -1.80. The Morgan fingerprint density at radius 1 is 1.75 bits per heavy atom. The smallest absolute Gasteiger partial charge is 0.180 e. The van der Waals surface area contributed by atoms with E-state index in [-0.39, 0.29) is 6.61 Å². The Labute approximate surface area is 45.7 Å². The Hall–Kier alpha value is -0.970. The van der Waals surface area contributed by atoms with Crippen LogP contribution in [0.5, 0.6) is 0 Å². The number of hydrogen-bond acceptors (Lipinski definition) is 4. The van der Waals surface area contributed by atoms with Crippen LogP contribution in [0, 0.1) is 6.42 Å². The second-order valence-corrected chi connectivity index (χ2v) is 1.16. The SMILES string of the molecule is OC[CH]c1nn[nH]n1. The van der Waals surface area contributed by atoms with Crippen molar-refractivity contribution in [2.45, 2.75) is 0 Å². The van der Waals surface area contributed by atoms with Gasteiger partial charge >= 0.3 is 0 Å². The maximum absolute atomic E-state index is 8.26. The molecule has 1 aromatic rings. The maximum Gasteiger partial charge on any atom is 0.180 e. The zero-order valence-corrected chi connectivity index (χ0v) is 4.07. The van der Waals surface area contributed by atoms with Gasteiger partial charge in [0.2, 0.25) is 0 Å². The zero-order chi connectivity index (χ0) is 5.82. The summed E-state index contributed by atoms with van der Waals surface area (Å²) in [6.07, 6.45) is 1.45. The predicted octanol–water partition coefficient (Wildman–Crippen LogP) is -1.26. The number of rotatable bonds is 2. The van der Waals surface area contributed by atoms with Gasteiger partial charge in [0.05, 0.1) is 13.0 Å². The van der Waals surface area contributed by atoms with Crippen LogP contribution >= 0.6 is 0 Å². The molecule has 0 aliphatic rings. The van der Waals surface area contributed by atoms with Gasteiger partial charge in [-0.05, 0) is 0 Å². The molecule has 0 fully saturated rings. The van der Waals surface area contributed by atoms with E-state index in [4.69, 9.17) is 5.11 Å². The molecule has 0 saturated heterocycles. The number of nitrogens with one attached hydrogen (secondary N) is 1. The van der Waals surface area contributed by atoms with Gasteiger partial charge < -0.3 is 5.11 Å². The van der Waals surface area contributed by atoms with Crippen molar-refractivity contribution >= 4 is 0 Å². The number of H-pyrrole nitrogens is 1. The third kappa shape index (κ3) is 1.00. The molecule has 43 valence electrons. The first-order valence-corrected chi connectivity index (χ1v) is 2.11. The molecule has 0 spiro atoms. The summed E-state index contributed by atoms with van der Waals surface area (Å²) < 4.78 is 0. The van der Waals surface area contributed by atoms with Crippen molar-refractivity contribution in [1.82, 2.24) is 20.6 Å². The summed E-state index contributed by atoms with van der Waals surface area (Å²) in [5.74, 6) is 0.424. The monoisotopic (exact) mass is 113 g/mol. The van der Waals surface area contributed by atoms with Crippen LogP contribution in [-0.4, -0.2) is 32.3 Å². The molecule has 2 N–H and O–H groups in total. The summed E-state index contributed by atoms with van der Waals surface area (Å²) in [6, 6.07) is 0. The van der Waals surface area contributed by atoms with Gasteiger partial charge in [-0.1, -0.05) is 5.21 Å². The molecule has 0 aliphatic heterocycles. The van der Waals surface area contributed by atoms with E-state index in [1.165, 1.54) is 6.42 Å². The van der Waals surface area contributed by atoms with Crippen molar-refractivity contribution in [2.75, 3.05) is 6.61 Å². The second-order valence-electron chi connectivity index (χ2n) is 1.16. The van der Waals surface area contributed by atoms with Gasteiger partial charge in [-0.25, -0.2) is 0 Å². The van der Waals surface area contributed by atoms with Crippen LogP contribution in [0.15, 0.2) is 0 Å². The van der Waals surface area contributed by atoms with Crippen molar-refractivity contribution in [1.29, 1.82) is 0 Å². The highest BCUT2D eigenvalue weighted by molar-refractivity contribution is 4.93. The predicted molar refractivity (Wildman–Crippen MR) is 24.7 cm³/mol. The fraction of sp³-hybridized carbons (Fsp3) is 0.333. The van der Waals surface area contributed by atoms with Crippen LogP contribution in [0.4, 0.5) is 0 Å². The topological polar surface area (TPSA) is 74.7 Å². The third-order valence-electron chi connectivity index (χ3n) is 0.636. The number of aliphatic hydroxyl groups is 1. The zero-order valence-electron chi connectivity index (χ0n) is 4.07. The van der Waals surface area contributed by atoms with Crippen molar-refractivity contribution in [3.05, 3.63) is 12.2 Å². The van der Waals surface area contributed by atoms with Crippen LogP contribution in [0.25, 0.3) is 0 Å². The fourth-order valence-electron chi connectivity index (χ4n) is 0.338. The first-order valence-electron chi connectivity index (χ1n) is 2.11. The van der Waals surface area contributed by atoms with E-state index in [1.54, 1.807) is 0 Å². The van der Waals surface area contributed by atoms with Gasteiger partial charge in [0.1, 0.15) is 0 Å². The molecule has 0 saturated carbocycles. The molecule has 0 atom stereocenters. The summed E-state index contributed by atoms with van der Waals surface area (Å²) in [5, 5.41) is 20.9. The number of aromatic nitrogens is 4. The molecular weight excluding hydrogens is 108 g/mol. The first-order chi connectivity index (χ1) is 3.93. The molecular formula is C3H5N4O. The second kappa shape index (κ2) is 2.37. The average Bonchev–Trinajstić information content (AvgIpc) is 2.19. The summed E-state index contributed by atoms with van der Waals surface area (Å²) in [4.78, 5) is 0. The molecule has 1 aromatic heterocycles. The molecule has 0 aromatic carbocycles. The Kier molecular flexibility index (Phi) is 1.53. The minimum absolute atomic E-state index is 0.0560. The van der Waals surface area contributed by atoms with Crippen LogP contribution in [0.1, 0.15) is 5.82 Å². The lowest BCUT2D eigenvalue weighted by Crippen LogP contribution is -1.88. The summed E-state index contributed by atoms with van der Waals surface area (Å²) >= 11 is 0. The minimum Gasteiger partial charge on any atom is -0.396 e. The summed E-state index contributed by atoms with van der Waals surface area (Å²) in [5.41, 5.74) is 0. The normalized spacial score (nSPS) is 9.62. The van der Waals surface area contributed by atoms with Crippen LogP contribution in [-0.2, 0) is 0 Å². The molecule has 1 radical (unpaired) electrons.